The molecule has 34 heavy (non-hydrogen) atoms. The van der Waals surface area contributed by atoms with Crippen molar-refractivity contribution in [3.63, 3.8) is 0 Å². The fourth-order valence-electron chi connectivity index (χ4n) is 3.42. The Morgan fingerprint density at radius 3 is 2.41 bits per heavy atom. The van der Waals surface area contributed by atoms with Crippen LogP contribution in [0.1, 0.15) is 30.9 Å². The van der Waals surface area contributed by atoms with Crippen molar-refractivity contribution in [3.05, 3.63) is 100 Å². The molecule has 0 N–H and O–H groups in total. The monoisotopic (exact) mass is 456 g/mol. The summed E-state index contributed by atoms with van der Waals surface area (Å²) in [6.45, 7) is 4.11. The molecule has 0 amide bonds. The lowest BCUT2D eigenvalue weighted by molar-refractivity contribution is -0.128. The van der Waals surface area contributed by atoms with E-state index in [0.717, 1.165) is 16.9 Å². The second-order valence-electron chi connectivity index (χ2n) is 7.91. The third-order valence-electron chi connectivity index (χ3n) is 5.22. The Hall–Kier alpha value is -4.32. The predicted octanol–water partition coefficient (Wildman–Crippen LogP) is 6.34. The average molecular weight is 456 g/mol. The number of carbonyl (C=O) groups is 1. The molecule has 0 aliphatic carbocycles. The third-order valence-corrected chi connectivity index (χ3v) is 5.22. The van der Waals surface area contributed by atoms with Crippen LogP contribution >= 0.6 is 0 Å². The molecule has 4 rings (SSSR count). The summed E-state index contributed by atoms with van der Waals surface area (Å²) in [6.07, 6.45) is 4.24. The minimum atomic E-state index is -0.553. The summed E-state index contributed by atoms with van der Waals surface area (Å²) in [5, 5.41) is 0.327. The Morgan fingerprint density at radius 1 is 0.941 bits per heavy atom. The van der Waals surface area contributed by atoms with E-state index in [9.17, 15) is 9.59 Å². The first-order valence-electron chi connectivity index (χ1n) is 10.8. The van der Waals surface area contributed by atoms with Gasteiger partial charge in [-0.05, 0) is 53.5 Å². The topological polar surface area (TPSA) is 75.0 Å². The van der Waals surface area contributed by atoms with E-state index in [1.54, 1.807) is 37.5 Å². The molecule has 3 aromatic carbocycles. The highest BCUT2D eigenvalue weighted by molar-refractivity contribution is 5.89. The fourth-order valence-corrected chi connectivity index (χ4v) is 3.42. The third kappa shape index (κ3) is 5.18. The highest BCUT2D eigenvalue weighted by Crippen LogP contribution is 2.30. The number of carbonyl (C=O) groups excluding carboxylic acids is 1. The number of methoxy groups -OCH3 is 1. The van der Waals surface area contributed by atoms with Crippen molar-refractivity contribution >= 4 is 23.0 Å². The van der Waals surface area contributed by atoms with Gasteiger partial charge in [-0.25, -0.2) is 4.79 Å². The summed E-state index contributed by atoms with van der Waals surface area (Å²) in [5.74, 6) is 1.38. The van der Waals surface area contributed by atoms with Gasteiger partial charge in [0.15, 0.2) is 0 Å². The summed E-state index contributed by atoms with van der Waals surface area (Å²) in [5.41, 5.74) is 1.80. The van der Waals surface area contributed by atoms with Gasteiger partial charge in [0, 0.05) is 12.1 Å². The maximum Gasteiger partial charge on any atom is 0.336 e. The lowest BCUT2D eigenvalue weighted by Gasteiger charge is -2.13. The minimum Gasteiger partial charge on any atom is -0.497 e. The second kappa shape index (κ2) is 10.1. The van der Waals surface area contributed by atoms with Crippen LogP contribution in [0.2, 0.25) is 0 Å². The maximum atomic E-state index is 12.9. The fraction of sp³-hybridized carbons (Fsp3) is 0.143. The molecule has 1 heterocycles. The second-order valence-corrected chi connectivity index (χ2v) is 7.91. The van der Waals surface area contributed by atoms with E-state index >= 15 is 0 Å². The number of fused-ring (bicyclic) bond motifs is 1. The van der Waals surface area contributed by atoms with Crippen LogP contribution in [-0.4, -0.2) is 13.1 Å². The number of benzene rings is 3. The van der Waals surface area contributed by atoms with Crippen LogP contribution in [0.3, 0.4) is 0 Å². The van der Waals surface area contributed by atoms with Gasteiger partial charge in [0.05, 0.1) is 12.5 Å². The molecule has 0 saturated heterocycles. The number of hydrogen-bond donors (Lipinski definition) is 0. The van der Waals surface area contributed by atoms with Crippen LogP contribution in [-0.2, 0) is 4.79 Å². The zero-order valence-electron chi connectivity index (χ0n) is 19.1. The van der Waals surface area contributed by atoms with Gasteiger partial charge in [0.25, 0.3) is 0 Å². The molecule has 6 heteroatoms. The van der Waals surface area contributed by atoms with E-state index in [-0.39, 0.29) is 22.8 Å². The molecule has 4 aromatic rings. The molecule has 0 atom stereocenters. The van der Waals surface area contributed by atoms with Crippen LogP contribution in [0, 0.1) is 0 Å². The number of hydrogen-bond acceptors (Lipinski definition) is 6. The van der Waals surface area contributed by atoms with E-state index in [2.05, 4.69) is 13.8 Å². The Labute approximate surface area is 197 Å². The highest BCUT2D eigenvalue weighted by atomic mass is 16.5. The Balaban J connectivity index is 1.50. The van der Waals surface area contributed by atoms with Gasteiger partial charge < -0.3 is 18.6 Å². The van der Waals surface area contributed by atoms with Gasteiger partial charge in [0.1, 0.15) is 29.1 Å². The molecule has 0 saturated carbocycles. The van der Waals surface area contributed by atoms with Crippen molar-refractivity contribution in [2.24, 2.45) is 0 Å². The first-order valence-corrected chi connectivity index (χ1v) is 10.8. The van der Waals surface area contributed by atoms with Crippen LogP contribution in [0.5, 0.6) is 23.0 Å². The molecule has 0 aliphatic heterocycles. The molecule has 0 radical (unpaired) electrons. The van der Waals surface area contributed by atoms with E-state index in [1.165, 1.54) is 18.4 Å². The highest BCUT2D eigenvalue weighted by Gasteiger charge is 2.14. The van der Waals surface area contributed by atoms with Gasteiger partial charge in [-0.1, -0.05) is 44.2 Å². The van der Waals surface area contributed by atoms with Crippen molar-refractivity contribution in [1.82, 2.24) is 0 Å². The van der Waals surface area contributed by atoms with E-state index < -0.39 is 5.97 Å². The van der Waals surface area contributed by atoms with Crippen molar-refractivity contribution in [1.29, 1.82) is 0 Å². The SMILES string of the molecule is COc1ccc(C=CC(=O)Oc2ccc3c(=O)c(Oc4ccccc4C(C)C)coc3c2)cc1. The molecule has 0 unspecified atom stereocenters. The van der Waals surface area contributed by atoms with E-state index in [1.807, 2.05) is 36.4 Å². The molecular weight excluding hydrogens is 432 g/mol. The van der Waals surface area contributed by atoms with Gasteiger partial charge >= 0.3 is 5.97 Å². The normalized spacial score (nSPS) is 11.2. The summed E-state index contributed by atoms with van der Waals surface area (Å²) in [4.78, 5) is 25.1. The lowest BCUT2D eigenvalue weighted by atomic mass is 10.0. The van der Waals surface area contributed by atoms with Crippen LogP contribution in [0.25, 0.3) is 17.0 Å². The Bertz CT molecular complexity index is 1400. The molecule has 1 aromatic heterocycles. The number of ether oxygens (including phenoxy) is 3. The molecule has 6 nitrogen and oxygen atoms in total. The predicted molar refractivity (Wildman–Crippen MR) is 131 cm³/mol. The molecule has 0 spiro atoms. The number of esters is 1. The van der Waals surface area contributed by atoms with Crippen LogP contribution in [0.4, 0.5) is 0 Å². The smallest absolute Gasteiger partial charge is 0.336 e. The molecule has 0 fully saturated rings. The first-order chi connectivity index (χ1) is 16.4. The summed E-state index contributed by atoms with van der Waals surface area (Å²) < 4.78 is 22.0. The standard InChI is InChI=1S/C28H24O6/c1-18(2)22-6-4-5-7-24(22)34-26-17-32-25-16-21(13-14-23(25)28(26)30)33-27(29)15-10-19-8-11-20(31-3)12-9-19/h4-18H,1-3H3. The molecule has 0 bridgehead atoms. The average Bonchev–Trinajstić information content (AvgIpc) is 2.85. The summed E-state index contributed by atoms with van der Waals surface area (Å²) in [7, 11) is 1.59. The lowest BCUT2D eigenvalue weighted by Crippen LogP contribution is -2.07. The summed E-state index contributed by atoms with van der Waals surface area (Å²) in [6, 6.07) is 19.4. The van der Waals surface area contributed by atoms with Crippen molar-refractivity contribution in [2.75, 3.05) is 7.11 Å². The minimum absolute atomic E-state index is 0.0905. The molecular formula is C28H24O6. The zero-order valence-corrected chi connectivity index (χ0v) is 19.1. The van der Waals surface area contributed by atoms with Gasteiger partial charge in [-0.15, -0.1) is 0 Å². The Morgan fingerprint density at radius 2 is 1.68 bits per heavy atom. The van der Waals surface area contributed by atoms with Gasteiger partial charge in [-0.2, -0.15) is 0 Å². The first kappa shape index (κ1) is 22.9. The van der Waals surface area contributed by atoms with Crippen molar-refractivity contribution in [2.45, 2.75) is 19.8 Å². The molecule has 0 aliphatic rings. The van der Waals surface area contributed by atoms with Crippen molar-refractivity contribution in [3.8, 4) is 23.0 Å². The van der Waals surface area contributed by atoms with Gasteiger partial charge in [0.2, 0.25) is 11.2 Å². The number of rotatable bonds is 7. The van der Waals surface area contributed by atoms with E-state index in [0.29, 0.717) is 16.7 Å². The zero-order chi connectivity index (χ0) is 24.1. The maximum absolute atomic E-state index is 12.9. The van der Waals surface area contributed by atoms with Gasteiger partial charge in [-0.3, -0.25) is 4.79 Å². The van der Waals surface area contributed by atoms with E-state index in [4.69, 9.17) is 18.6 Å². The van der Waals surface area contributed by atoms with Crippen molar-refractivity contribution < 1.29 is 23.4 Å². The quantitative estimate of drug-likeness (QED) is 0.184. The molecule has 172 valence electrons. The number of para-hydroxylation sites is 1. The largest absolute Gasteiger partial charge is 0.497 e. The Kier molecular flexibility index (Phi) is 6.78. The van der Waals surface area contributed by atoms with Crippen LogP contribution < -0.4 is 19.6 Å². The van der Waals surface area contributed by atoms with Crippen LogP contribution in [0.15, 0.2) is 88.3 Å². The summed E-state index contributed by atoms with van der Waals surface area (Å²) >= 11 is 0.